The molecule has 0 saturated carbocycles. The number of hydrogen-bond acceptors (Lipinski definition) is 3. The Labute approximate surface area is 152 Å². The summed E-state index contributed by atoms with van der Waals surface area (Å²) >= 11 is 6.17. The molecule has 1 amide bonds. The van der Waals surface area contributed by atoms with Crippen molar-refractivity contribution in [1.29, 1.82) is 0 Å². The largest absolute Gasteiger partial charge is 0.508 e. The van der Waals surface area contributed by atoms with Crippen LogP contribution in [0, 0.1) is 6.92 Å². The number of benzene rings is 2. The van der Waals surface area contributed by atoms with Crippen molar-refractivity contribution in [3.63, 3.8) is 0 Å². The van der Waals surface area contributed by atoms with Gasteiger partial charge in [-0.1, -0.05) is 17.7 Å². The molecule has 0 spiro atoms. The summed E-state index contributed by atoms with van der Waals surface area (Å²) in [6.45, 7) is 5.98. The predicted octanol–water partition coefficient (Wildman–Crippen LogP) is 1.70. The van der Waals surface area contributed by atoms with Crippen LogP contribution in [0.5, 0.6) is 5.75 Å². The highest BCUT2D eigenvalue weighted by molar-refractivity contribution is 6.33. The third kappa shape index (κ3) is 4.65. The molecular formula is C19H23ClN3O2+. The van der Waals surface area contributed by atoms with Crippen molar-refractivity contribution < 1.29 is 14.8 Å². The highest BCUT2D eigenvalue weighted by Gasteiger charge is 2.22. The molecule has 25 heavy (non-hydrogen) atoms. The first-order valence-electron chi connectivity index (χ1n) is 8.45. The van der Waals surface area contributed by atoms with Crippen LogP contribution in [-0.4, -0.2) is 43.7 Å². The molecule has 132 valence electrons. The summed E-state index contributed by atoms with van der Waals surface area (Å²) in [4.78, 5) is 15.8. The van der Waals surface area contributed by atoms with E-state index in [-0.39, 0.29) is 11.7 Å². The van der Waals surface area contributed by atoms with Gasteiger partial charge in [0.05, 0.1) is 36.9 Å². The van der Waals surface area contributed by atoms with E-state index in [0.29, 0.717) is 17.3 Å². The van der Waals surface area contributed by atoms with Crippen molar-refractivity contribution >= 4 is 28.9 Å². The van der Waals surface area contributed by atoms with E-state index in [9.17, 15) is 9.90 Å². The Morgan fingerprint density at radius 2 is 1.88 bits per heavy atom. The Hall–Kier alpha value is -2.24. The summed E-state index contributed by atoms with van der Waals surface area (Å²) in [5.41, 5.74) is 2.84. The number of hydrogen-bond donors (Lipinski definition) is 3. The van der Waals surface area contributed by atoms with Crippen molar-refractivity contribution in [2.24, 2.45) is 0 Å². The van der Waals surface area contributed by atoms with Gasteiger partial charge in [-0.3, -0.25) is 4.79 Å². The smallest absolute Gasteiger partial charge is 0.279 e. The average Bonchev–Trinajstić information content (AvgIpc) is 2.59. The van der Waals surface area contributed by atoms with Crippen molar-refractivity contribution in [1.82, 2.24) is 0 Å². The number of carbonyl (C=O) groups excluding carboxylic acids is 1. The fourth-order valence-electron chi connectivity index (χ4n) is 3.06. The van der Waals surface area contributed by atoms with Crippen molar-refractivity contribution in [2.75, 3.05) is 42.9 Å². The minimum absolute atomic E-state index is 0.0150. The first-order chi connectivity index (χ1) is 12.0. The number of anilines is 2. The second-order valence-electron chi connectivity index (χ2n) is 6.46. The minimum atomic E-state index is -0.0150. The molecule has 2 aromatic carbocycles. The summed E-state index contributed by atoms with van der Waals surface area (Å²) in [7, 11) is 0. The molecule has 0 radical (unpaired) electrons. The molecule has 0 aliphatic carbocycles. The third-order valence-corrected chi connectivity index (χ3v) is 4.81. The average molecular weight is 361 g/mol. The zero-order valence-corrected chi connectivity index (χ0v) is 15.0. The maximum atomic E-state index is 12.3. The number of aromatic hydroxyl groups is 1. The normalized spacial score (nSPS) is 15.2. The number of amides is 1. The number of carbonyl (C=O) groups is 1. The number of halogens is 1. The number of nitrogens with one attached hydrogen (secondary N) is 2. The Balaban J connectivity index is 1.50. The SMILES string of the molecule is Cc1ccc(NC(=O)C[NH+]2CCN(c3ccc(O)cc3)CC2)c(Cl)c1. The number of phenols is 1. The second kappa shape index (κ2) is 7.76. The minimum Gasteiger partial charge on any atom is -0.508 e. The van der Waals surface area contributed by atoms with Gasteiger partial charge in [0.15, 0.2) is 6.54 Å². The lowest BCUT2D eigenvalue weighted by molar-refractivity contribution is -0.892. The predicted molar refractivity (Wildman–Crippen MR) is 101 cm³/mol. The molecule has 2 aromatic rings. The van der Waals surface area contributed by atoms with E-state index < -0.39 is 0 Å². The molecule has 0 unspecified atom stereocenters. The van der Waals surface area contributed by atoms with Gasteiger partial charge >= 0.3 is 0 Å². The molecule has 1 aliphatic heterocycles. The van der Waals surface area contributed by atoms with E-state index in [2.05, 4.69) is 10.2 Å². The monoisotopic (exact) mass is 360 g/mol. The Morgan fingerprint density at radius 1 is 1.20 bits per heavy atom. The van der Waals surface area contributed by atoms with E-state index in [1.807, 2.05) is 37.3 Å². The molecule has 0 atom stereocenters. The topological polar surface area (TPSA) is 57.0 Å². The standard InChI is InChI=1S/C19H22ClN3O2/c1-14-2-7-18(17(20)12-14)21-19(25)13-22-8-10-23(11-9-22)15-3-5-16(24)6-4-15/h2-7,12,24H,8-11,13H2,1H3,(H,21,25)/p+1. The Bertz CT molecular complexity index is 741. The quantitative estimate of drug-likeness (QED) is 0.778. The molecule has 3 N–H and O–H groups in total. The number of phenolic OH excluding ortho intramolecular Hbond substituents is 1. The van der Waals surface area contributed by atoms with Crippen LogP contribution in [0.3, 0.4) is 0 Å². The van der Waals surface area contributed by atoms with Crippen LogP contribution in [0.2, 0.25) is 5.02 Å². The Morgan fingerprint density at radius 3 is 2.52 bits per heavy atom. The summed E-state index contributed by atoms with van der Waals surface area (Å²) in [6, 6.07) is 12.9. The second-order valence-corrected chi connectivity index (χ2v) is 6.87. The summed E-state index contributed by atoms with van der Waals surface area (Å²) in [5, 5.41) is 12.8. The molecule has 1 heterocycles. The highest BCUT2D eigenvalue weighted by Crippen LogP contribution is 2.22. The summed E-state index contributed by atoms with van der Waals surface area (Å²) in [6.07, 6.45) is 0. The third-order valence-electron chi connectivity index (χ3n) is 4.49. The van der Waals surface area contributed by atoms with Gasteiger partial charge in [-0.2, -0.15) is 0 Å². The van der Waals surface area contributed by atoms with Crippen LogP contribution in [-0.2, 0) is 4.79 Å². The van der Waals surface area contributed by atoms with Crippen LogP contribution in [0.25, 0.3) is 0 Å². The number of quaternary nitrogens is 1. The van der Waals surface area contributed by atoms with E-state index in [0.717, 1.165) is 37.4 Å². The lowest BCUT2D eigenvalue weighted by Gasteiger charge is -2.33. The maximum absolute atomic E-state index is 12.3. The van der Waals surface area contributed by atoms with Crippen molar-refractivity contribution in [2.45, 2.75) is 6.92 Å². The molecule has 1 aliphatic rings. The van der Waals surface area contributed by atoms with Crippen LogP contribution < -0.4 is 15.1 Å². The first kappa shape index (κ1) is 17.6. The van der Waals surface area contributed by atoms with Crippen LogP contribution in [0.4, 0.5) is 11.4 Å². The molecule has 1 fully saturated rings. The number of rotatable bonds is 4. The highest BCUT2D eigenvalue weighted by atomic mass is 35.5. The summed E-state index contributed by atoms with van der Waals surface area (Å²) in [5.74, 6) is 0.262. The fourth-order valence-corrected chi connectivity index (χ4v) is 3.35. The number of piperazine rings is 1. The molecule has 1 saturated heterocycles. The van der Waals surface area contributed by atoms with Gasteiger partial charge < -0.3 is 20.2 Å². The molecule has 0 bridgehead atoms. The Kier molecular flexibility index (Phi) is 5.46. The number of aryl methyl sites for hydroxylation is 1. The van der Waals surface area contributed by atoms with Gasteiger partial charge in [-0.15, -0.1) is 0 Å². The van der Waals surface area contributed by atoms with Gasteiger partial charge in [-0.25, -0.2) is 0 Å². The van der Waals surface area contributed by atoms with Crippen LogP contribution in [0.15, 0.2) is 42.5 Å². The van der Waals surface area contributed by atoms with Gasteiger partial charge in [0.2, 0.25) is 0 Å². The van der Waals surface area contributed by atoms with Crippen LogP contribution >= 0.6 is 11.6 Å². The molecule has 6 heteroatoms. The summed E-state index contributed by atoms with van der Waals surface area (Å²) < 4.78 is 0. The van der Waals surface area contributed by atoms with E-state index >= 15 is 0 Å². The lowest BCUT2D eigenvalue weighted by Crippen LogP contribution is -3.15. The van der Waals surface area contributed by atoms with Gasteiger partial charge in [0.1, 0.15) is 5.75 Å². The molecular weight excluding hydrogens is 338 g/mol. The van der Waals surface area contributed by atoms with E-state index in [4.69, 9.17) is 11.6 Å². The lowest BCUT2D eigenvalue weighted by atomic mass is 10.2. The van der Waals surface area contributed by atoms with Crippen molar-refractivity contribution in [3.05, 3.63) is 53.1 Å². The van der Waals surface area contributed by atoms with E-state index in [1.54, 1.807) is 12.1 Å². The first-order valence-corrected chi connectivity index (χ1v) is 8.82. The van der Waals surface area contributed by atoms with Crippen LogP contribution in [0.1, 0.15) is 5.56 Å². The molecule has 0 aromatic heterocycles. The zero-order valence-electron chi connectivity index (χ0n) is 14.3. The van der Waals surface area contributed by atoms with Gasteiger partial charge in [-0.05, 0) is 48.9 Å². The van der Waals surface area contributed by atoms with Crippen molar-refractivity contribution in [3.8, 4) is 5.75 Å². The molecule has 3 rings (SSSR count). The molecule has 5 nitrogen and oxygen atoms in total. The van der Waals surface area contributed by atoms with Gasteiger partial charge in [0, 0.05) is 5.69 Å². The fraction of sp³-hybridized carbons (Fsp3) is 0.316. The maximum Gasteiger partial charge on any atom is 0.279 e. The zero-order chi connectivity index (χ0) is 17.8. The number of nitrogens with zero attached hydrogens (tertiary/aromatic N) is 1. The van der Waals surface area contributed by atoms with Gasteiger partial charge in [0.25, 0.3) is 5.91 Å². The van der Waals surface area contributed by atoms with E-state index in [1.165, 1.54) is 4.90 Å².